The van der Waals surface area contributed by atoms with E-state index >= 15 is 0 Å². The van der Waals surface area contributed by atoms with Crippen LogP contribution in [0.2, 0.25) is 0 Å². The highest BCUT2D eigenvalue weighted by atomic mass is 16.1. The molecule has 0 atom stereocenters. The minimum absolute atomic E-state index is 0.0903. The van der Waals surface area contributed by atoms with E-state index in [1.165, 1.54) is 0 Å². The molecule has 1 amide bonds. The van der Waals surface area contributed by atoms with Gasteiger partial charge >= 0.3 is 0 Å². The number of aromatic nitrogens is 6. The predicted molar refractivity (Wildman–Crippen MR) is 123 cm³/mol. The number of nitrogens with zero attached hydrogens (tertiary/aromatic N) is 4. The van der Waals surface area contributed by atoms with Crippen molar-refractivity contribution in [2.75, 3.05) is 5.32 Å². The smallest absolute Gasteiger partial charge is 0.227 e. The molecule has 0 aliphatic heterocycles. The monoisotopic (exact) mass is 423 g/mol. The zero-order chi connectivity index (χ0) is 21.5. The van der Waals surface area contributed by atoms with Crippen molar-refractivity contribution >= 4 is 33.7 Å². The minimum Gasteiger partial charge on any atom is -0.335 e. The fourth-order valence-corrected chi connectivity index (χ4v) is 4.43. The van der Waals surface area contributed by atoms with Crippen LogP contribution < -0.4 is 5.32 Å². The zero-order valence-electron chi connectivity index (χ0n) is 17.3. The fraction of sp³-hybridized carbons (Fsp3) is 0.208. The molecule has 5 aromatic rings. The number of benzene rings is 1. The Labute approximate surface area is 183 Å². The minimum atomic E-state index is 0.0903. The highest BCUT2D eigenvalue weighted by Gasteiger charge is 2.22. The van der Waals surface area contributed by atoms with Crippen LogP contribution >= 0.6 is 0 Å². The lowest BCUT2D eigenvalue weighted by atomic mass is 10.0. The molecule has 3 N–H and O–H groups in total. The molecule has 1 saturated carbocycles. The van der Waals surface area contributed by atoms with Gasteiger partial charge in [0.25, 0.3) is 0 Å². The largest absolute Gasteiger partial charge is 0.335 e. The van der Waals surface area contributed by atoms with Gasteiger partial charge in [-0.3, -0.25) is 14.9 Å². The Morgan fingerprint density at radius 3 is 2.81 bits per heavy atom. The average Bonchev–Trinajstić information content (AvgIpc) is 3.58. The number of H-pyrrole nitrogens is 2. The molecule has 0 unspecified atom stereocenters. The van der Waals surface area contributed by atoms with Gasteiger partial charge in [0, 0.05) is 29.3 Å². The van der Waals surface area contributed by atoms with Gasteiger partial charge in [0.15, 0.2) is 11.5 Å². The van der Waals surface area contributed by atoms with Crippen LogP contribution in [0, 0.1) is 5.92 Å². The van der Waals surface area contributed by atoms with Gasteiger partial charge in [0.05, 0.1) is 22.9 Å². The van der Waals surface area contributed by atoms with Gasteiger partial charge in [-0.25, -0.2) is 9.97 Å². The molecule has 1 aromatic carbocycles. The van der Waals surface area contributed by atoms with Crippen LogP contribution in [0.1, 0.15) is 25.7 Å². The lowest BCUT2D eigenvalue weighted by Crippen LogP contribution is -2.20. The third-order valence-electron chi connectivity index (χ3n) is 6.11. The highest BCUT2D eigenvalue weighted by molar-refractivity contribution is 5.96. The molecule has 32 heavy (non-hydrogen) atoms. The topological polar surface area (TPSA) is 112 Å². The van der Waals surface area contributed by atoms with E-state index in [-0.39, 0.29) is 11.8 Å². The quantitative estimate of drug-likeness (QED) is 0.388. The van der Waals surface area contributed by atoms with Crippen LogP contribution in [0.3, 0.4) is 0 Å². The summed E-state index contributed by atoms with van der Waals surface area (Å²) in [4.78, 5) is 29.0. The van der Waals surface area contributed by atoms with Gasteiger partial charge in [0.1, 0.15) is 5.69 Å². The normalized spacial score (nSPS) is 14.4. The van der Waals surface area contributed by atoms with E-state index in [0.29, 0.717) is 11.5 Å². The molecule has 0 bridgehead atoms. The molecule has 0 spiro atoms. The molecular weight excluding hydrogens is 402 g/mol. The van der Waals surface area contributed by atoms with Crippen LogP contribution in [0.5, 0.6) is 0 Å². The van der Waals surface area contributed by atoms with Crippen molar-refractivity contribution in [2.45, 2.75) is 25.7 Å². The number of hydrogen-bond acceptors (Lipinski definition) is 5. The number of nitrogens with one attached hydrogen (secondary N) is 3. The van der Waals surface area contributed by atoms with Crippen LogP contribution in [-0.2, 0) is 4.79 Å². The number of rotatable bonds is 4. The zero-order valence-corrected chi connectivity index (χ0v) is 17.3. The first-order chi connectivity index (χ1) is 15.7. The number of carbonyl (C=O) groups excluding carboxylic acids is 1. The first-order valence-corrected chi connectivity index (χ1v) is 10.8. The summed E-state index contributed by atoms with van der Waals surface area (Å²) < 4.78 is 0. The third kappa shape index (κ3) is 3.30. The molecule has 0 radical (unpaired) electrons. The third-order valence-corrected chi connectivity index (χ3v) is 6.11. The maximum atomic E-state index is 12.5. The summed E-state index contributed by atoms with van der Waals surface area (Å²) in [5.41, 5.74) is 5.80. The molecule has 0 saturated heterocycles. The number of carbonyl (C=O) groups is 1. The number of anilines is 1. The van der Waals surface area contributed by atoms with Gasteiger partial charge in [0.2, 0.25) is 5.91 Å². The van der Waals surface area contributed by atoms with Crippen molar-refractivity contribution in [3.05, 3.63) is 55.0 Å². The Morgan fingerprint density at radius 2 is 1.94 bits per heavy atom. The van der Waals surface area contributed by atoms with Crippen LogP contribution in [0.15, 0.2) is 55.0 Å². The molecule has 8 heteroatoms. The van der Waals surface area contributed by atoms with Gasteiger partial charge in [-0.05, 0) is 48.7 Å². The molecule has 4 aromatic heterocycles. The van der Waals surface area contributed by atoms with Crippen molar-refractivity contribution in [3.63, 3.8) is 0 Å². The second kappa shape index (κ2) is 7.56. The van der Waals surface area contributed by atoms with Gasteiger partial charge < -0.3 is 10.3 Å². The Hall–Kier alpha value is -4.07. The Balaban J connectivity index is 1.35. The summed E-state index contributed by atoms with van der Waals surface area (Å²) in [5, 5.41) is 11.5. The fourth-order valence-electron chi connectivity index (χ4n) is 4.43. The maximum Gasteiger partial charge on any atom is 0.227 e. The number of amides is 1. The van der Waals surface area contributed by atoms with Crippen molar-refractivity contribution in [1.29, 1.82) is 0 Å². The van der Waals surface area contributed by atoms with Crippen molar-refractivity contribution in [3.8, 4) is 22.6 Å². The molecule has 6 rings (SSSR count). The number of fused-ring (bicyclic) bond motifs is 2. The van der Waals surface area contributed by atoms with Crippen molar-refractivity contribution in [2.24, 2.45) is 5.92 Å². The molecule has 4 heterocycles. The summed E-state index contributed by atoms with van der Waals surface area (Å²) in [7, 11) is 0. The molecular formula is C24H21N7O. The van der Waals surface area contributed by atoms with E-state index in [2.05, 4.69) is 41.5 Å². The summed E-state index contributed by atoms with van der Waals surface area (Å²) in [5.74, 6) is 0.868. The molecule has 1 fully saturated rings. The number of hydrogen-bond donors (Lipinski definition) is 3. The first kappa shape index (κ1) is 18.7. The number of aromatic amines is 2. The summed E-state index contributed by atoms with van der Waals surface area (Å²) in [6.07, 6.45) is 9.41. The maximum absolute atomic E-state index is 12.5. The van der Waals surface area contributed by atoms with E-state index in [1.807, 2.05) is 30.3 Å². The molecule has 8 nitrogen and oxygen atoms in total. The van der Waals surface area contributed by atoms with Crippen LogP contribution in [-0.4, -0.2) is 36.0 Å². The van der Waals surface area contributed by atoms with Gasteiger partial charge in [-0.2, -0.15) is 5.10 Å². The van der Waals surface area contributed by atoms with Crippen LogP contribution in [0.25, 0.3) is 44.7 Å². The predicted octanol–water partition coefficient (Wildman–Crippen LogP) is 4.69. The standard InChI is InChI=1S/C24H21N7O/c32-24(14-4-1-2-5-14)27-17-10-16(12-25-13-17)15-7-8-19-18(11-15)21(31-30-19)23-28-20-6-3-9-26-22(20)29-23/h3,6-14H,1-2,4-5H2,(H,27,32)(H,30,31)(H,26,28,29). The van der Waals surface area contributed by atoms with Gasteiger partial charge in [-0.15, -0.1) is 0 Å². The highest BCUT2D eigenvalue weighted by Crippen LogP contribution is 2.31. The molecule has 1 aliphatic carbocycles. The van der Waals surface area contributed by atoms with E-state index < -0.39 is 0 Å². The average molecular weight is 423 g/mol. The number of imidazole rings is 1. The molecule has 1 aliphatic rings. The van der Waals surface area contributed by atoms with Crippen molar-refractivity contribution in [1.82, 2.24) is 30.1 Å². The van der Waals surface area contributed by atoms with Crippen molar-refractivity contribution < 1.29 is 4.79 Å². The first-order valence-electron chi connectivity index (χ1n) is 10.8. The lowest BCUT2D eigenvalue weighted by molar-refractivity contribution is -0.119. The Kier molecular flexibility index (Phi) is 4.41. The lowest BCUT2D eigenvalue weighted by Gasteiger charge is -2.11. The number of pyridine rings is 2. The Morgan fingerprint density at radius 1 is 1.03 bits per heavy atom. The van der Waals surface area contributed by atoms with E-state index in [1.54, 1.807) is 18.6 Å². The van der Waals surface area contributed by atoms with E-state index in [9.17, 15) is 4.79 Å². The van der Waals surface area contributed by atoms with E-state index in [0.717, 1.165) is 64.6 Å². The van der Waals surface area contributed by atoms with Crippen LogP contribution in [0.4, 0.5) is 5.69 Å². The summed E-state index contributed by atoms with van der Waals surface area (Å²) in [6, 6.07) is 11.9. The van der Waals surface area contributed by atoms with E-state index in [4.69, 9.17) is 0 Å². The van der Waals surface area contributed by atoms with Gasteiger partial charge in [-0.1, -0.05) is 18.9 Å². The second-order valence-electron chi connectivity index (χ2n) is 8.23. The molecule has 158 valence electrons. The summed E-state index contributed by atoms with van der Waals surface area (Å²) in [6.45, 7) is 0. The second-order valence-corrected chi connectivity index (χ2v) is 8.23. The Bertz CT molecular complexity index is 1410. The summed E-state index contributed by atoms with van der Waals surface area (Å²) >= 11 is 0. The SMILES string of the molecule is O=C(Nc1cncc(-c2ccc3[nH]nc(-c4nc5ncccc5[nH]4)c3c2)c1)C1CCCC1.